The van der Waals surface area contributed by atoms with Crippen molar-refractivity contribution in [3.63, 3.8) is 0 Å². The molecule has 0 aromatic heterocycles. The van der Waals surface area contributed by atoms with Gasteiger partial charge in [0.05, 0.1) is 17.1 Å². The van der Waals surface area contributed by atoms with E-state index in [1.165, 1.54) is 25.7 Å². The first-order chi connectivity index (χ1) is 9.95. The smallest absolute Gasteiger partial charge is 0.0868 e. The van der Waals surface area contributed by atoms with Crippen LogP contribution < -0.4 is 5.32 Å². The molecule has 0 atom stereocenters. The maximum Gasteiger partial charge on any atom is 0.0868 e. The molecule has 3 heteroatoms. The molecular formula is C18H29N3. The standard InChI is InChI=1S/C18H29N3/c1-7-19-16(6)18(13(2)3)21-15(5)14(4)20-12-17-10-8-9-11-17/h7,17,20H,2,4,8-12H2,1,3,5-6H3/b18-16+,19-7-,21-15+. The van der Waals surface area contributed by atoms with Crippen molar-refractivity contribution in [1.82, 2.24) is 5.32 Å². The van der Waals surface area contributed by atoms with Crippen molar-refractivity contribution in [2.45, 2.75) is 53.4 Å². The summed E-state index contributed by atoms with van der Waals surface area (Å²) in [4.78, 5) is 8.96. The number of hydrogen-bond donors (Lipinski definition) is 1. The van der Waals surface area contributed by atoms with Gasteiger partial charge in [0.15, 0.2) is 0 Å². The molecule has 1 N–H and O–H groups in total. The zero-order valence-electron chi connectivity index (χ0n) is 14.0. The van der Waals surface area contributed by atoms with Gasteiger partial charge in [0.25, 0.3) is 0 Å². The molecule has 0 radical (unpaired) electrons. The van der Waals surface area contributed by atoms with Crippen LogP contribution in [0.15, 0.2) is 45.8 Å². The first-order valence-electron chi connectivity index (χ1n) is 7.79. The average Bonchev–Trinajstić information content (AvgIpc) is 2.94. The highest BCUT2D eigenvalue weighted by molar-refractivity contribution is 5.98. The Morgan fingerprint density at radius 1 is 1.19 bits per heavy atom. The molecule has 0 aromatic carbocycles. The third-order valence-corrected chi connectivity index (χ3v) is 3.86. The topological polar surface area (TPSA) is 36.8 Å². The monoisotopic (exact) mass is 287 g/mol. The molecule has 21 heavy (non-hydrogen) atoms. The second-order valence-electron chi connectivity index (χ2n) is 5.81. The van der Waals surface area contributed by atoms with E-state index >= 15 is 0 Å². The molecule has 1 saturated carbocycles. The van der Waals surface area contributed by atoms with Gasteiger partial charge >= 0.3 is 0 Å². The van der Waals surface area contributed by atoms with Gasteiger partial charge in [-0.3, -0.25) is 4.99 Å². The van der Waals surface area contributed by atoms with Crippen molar-refractivity contribution in [3.8, 4) is 0 Å². The van der Waals surface area contributed by atoms with Crippen LogP contribution in [0.25, 0.3) is 0 Å². The Kier molecular flexibility index (Phi) is 7.13. The van der Waals surface area contributed by atoms with Crippen molar-refractivity contribution in [2.24, 2.45) is 15.9 Å². The van der Waals surface area contributed by atoms with Gasteiger partial charge in [-0.1, -0.05) is 26.0 Å². The Balaban J connectivity index is 2.73. The highest BCUT2D eigenvalue weighted by Gasteiger charge is 2.15. The van der Waals surface area contributed by atoms with Crippen LogP contribution in [-0.4, -0.2) is 18.5 Å². The van der Waals surface area contributed by atoms with Gasteiger partial charge in [-0.15, -0.1) is 0 Å². The predicted molar refractivity (Wildman–Crippen MR) is 93.9 cm³/mol. The normalized spacial score (nSPS) is 18.0. The van der Waals surface area contributed by atoms with Crippen LogP contribution in [0.5, 0.6) is 0 Å². The van der Waals surface area contributed by atoms with E-state index in [1.807, 2.05) is 27.7 Å². The van der Waals surface area contributed by atoms with Gasteiger partial charge in [-0.25, -0.2) is 4.99 Å². The number of hydrogen-bond acceptors (Lipinski definition) is 3. The van der Waals surface area contributed by atoms with Crippen LogP contribution in [0.2, 0.25) is 0 Å². The van der Waals surface area contributed by atoms with E-state index < -0.39 is 0 Å². The van der Waals surface area contributed by atoms with Gasteiger partial charge < -0.3 is 5.32 Å². The zero-order valence-corrected chi connectivity index (χ0v) is 14.0. The fourth-order valence-corrected chi connectivity index (χ4v) is 2.59. The number of nitrogens with zero attached hydrogens (tertiary/aromatic N) is 2. The fourth-order valence-electron chi connectivity index (χ4n) is 2.59. The second-order valence-corrected chi connectivity index (χ2v) is 5.81. The highest BCUT2D eigenvalue weighted by Crippen LogP contribution is 2.24. The first kappa shape index (κ1) is 17.4. The van der Waals surface area contributed by atoms with Crippen LogP contribution in [0.4, 0.5) is 0 Å². The Morgan fingerprint density at radius 3 is 2.33 bits per heavy atom. The Hall–Kier alpha value is -1.64. The molecule has 116 valence electrons. The summed E-state index contributed by atoms with van der Waals surface area (Å²) in [7, 11) is 0. The second kappa shape index (κ2) is 8.60. The van der Waals surface area contributed by atoms with Crippen molar-refractivity contribution >= 4 is 11.9 Å². The maximum absolute atomic E-state index is 4.66. The van der Waals surface area contributed by atoms with E-state index in [4.69, 9.17) is 0 Å². The SMILES string of the molecule is C=C(NCC1CCCC1)/C(C)=N/C(C(=C)C)=C(C)/N=C\C. The Morgan fingerprint density at radius 2 is 1.81 bits per heavy atom. The molecule has 0 heterocycles. The lowest BCUT2D eigenvalue weighted by atomic mass is 10.1. The molecule has 1 aliphatic carbocycles. The Labute approximate surface area is 129 Å². The van der Waals surface area contributed by atoms with E-state index in [0.717, 1.165) is 40.8 Å². The number of nitrogens with one attached hydrogen (secondary N) is 1. The van der Waals surface area contributed by atoms with Gasteiger partial charge in [0.1, 0.15) is 0 Å². The van der Waals surface area contributed by atoms with Gasteiger partial charge in [0, 0.05) is 18.5 Å². The molecule has 1 rings (SSSR count). The largest absolute Gasteiger partial charge is 0.384 e. The Bertz CT molecular complexity index is 475. The molecule has 0 unspecified atom stereocenters. The van der Waals surface area contributed by atoms with Gasteiger partial charge in [-0.2, -0.15) is 0 Å². The summed E-state index contributed by atoms with van der Waals surface area (Å²) < 4.78 is 0. The molecule has 0 amide bonds. The molecule has 0 aliphatic heterocycles. The third-order valence-electron chi connectivity index (χ3n) is 3.86. The minimum Gasteiger partial charge on any atom is -0.384 e. The summed E-state index contributed by atoms with van der Waals surface area (Å²) in [6.07, 6.45) is 7.16. The molecule has 0 saturated heterocycles. The summed E-state index contributed by atoms with van der Waals surface area (Å²) in [5.41, 5.74) is 4.44. The average molecular weight is 287 g/mol. The van der Waals surface area contributed by atoms with E-state index in [1.54, 1.807) is 6.21 Å². The zero-order chi connectivity index (χ0) is 15.8. The first-order valence-corrected chi connectivity index (χ1v) is 7.79. The minimum atomic E-state index is 0.789. The number of aliphatic imine (C=N–C) groups is 2. The van der Waals surface area contributed by atoms with Crippen LogP contribution in [0, 0.1) is 5.92 Å². The summed E-state index contributed by atoms with van der Waals surface area (Å²) in [6, 6.07) is 0. The molecular weight excluding hydrogens is 258 g/mol. The van der Waals surface area contributed by atoms with Crippen LogP contribution in [-0.2, 0) is 0 Å². The van der Waals surface area contributed by atoms with Crippen molar-refractivity contribution in [2.75, 3.05) is 6.54 Å². The lowest BCUT2D eigenvalue weighted by Crippen LogP contribution is -2.23. The molecule has 0 bridgehead atoms. The van der Waals surface area contributed by atoms with Gasteiger partial charge in [0.2, 0.25) is 0 Å². The molecule has 0 aromatic rings. The molecule has 0 spiro atoms. The van der Waals surface area contributed by atoms with Crippen molar-refractivity contribution in [3.05, 3.63) is 35.8 Å². The van der Waals surface area contributed by atoms with Gasteiger partial charge in [-0.05, 0) is 52.0 Å². The maximum atomic E-state index is 4.66. The quantitative estimate of drug-likeness (QED) is 0.537. The predicted octanol–water partition coefficient (Wildman–Crippen LogP) is 4.64. The fraction of sp³-hybridized carbons (Fsp3) is 0.556. The minimum absolute atomic E-state index is 0.789. The molecule has 3 nitrogen and oxygen atoms in total. The van der Waals surface area contributed by atoms with E-state index in [2.05, 4.69) is 28.5 Å². The van der Waals surface area contributed by atoms with Crippen molar-refractivity contribution < 1.29 is 0 Å². The number of allylic oxidation sites excluding steroid dienone is 3. The van der Waals surface area contributed by atoms with E-state index in [0.29, 0.717) is 0 Å². The lowest BCUT2D eigenvalue weighted by Gasteiger charge is -2.14. The summed E-state index contributed by atoms with van der Waals surface area (Å²) in [6.45, 7) is 16.9. The molecule has 1 fully saturated rings. The van der Waals surface area contributed by atoms with Crippen LogP contribution >= 0.6 is 0 Å². The van der Waals surface area contributed by atoms with E-state index in [-0.39, 0.29) is 0 Å². The third kappa shape index (κ3) is 5.70. The van der Waals surface area contributed by atoms with Crippen molar-refractivity contribution in [1.29, 1.82) is 0 Å². The molecule has 1 aliphatic rings. The summed E-state index contributed by atoms with van der Waals surface area (Å²) >= 11 is 0. The van der Waals surface area contributed by atoms with Crippen LogP contribution in [0.1, 0.15) is 53.4 Å². The number of rotatable bonds is 7. The van der Waals surface area contributed by atoms with E-state index in [9.17, 15) is 0 Å². The summed E-state index contributed by atoms with van der Waals surface area (Å²) in [5, 5.41) is 3.42. The van der Waals surface area contributed by atoms with Crippen LogP contribution in [0.3, 0.4) is 0 Å². The highest BCUT2D eigenvalue weighted by atomic mass is 14.9. The lowest BCUT2D eigenvalue weighted by molar-refractivity contribution is 0.523. The summed E-state index contributed by atoms with van der Waals surface area (Å²) in [5.74, 6) is 0.789.